The molecule has 2 aromatic carbocycles. The molecule has 0 aliphatic heterocycles. The van der Waals surface area contributed by atoms with Crippen LogP contribution in [-0.4, -0.2) is 31.6 Å². The Bertz CT molecular complexity index is 757. The SMILES string of the molecule is CCOC(=O)C(Cc1ccccc1)NC(=O)c1cc(Cl)c(OC)c(Cl)c1. The van der Waals surface area contributed by atoms with Crippen LogP contribution in [0.1, 0.15) is 22.8 Å². The Morgan fingerprint density at radius 3 is 2.27 bits per heavy atom. The third-order valence-corrected chi connectivity index (χ3v) is 4.19. The summed E-state index contributed by atoms with van der Waals surface area (Å²) in [6, 6.07) is 11.4. The van der Waals surface area contributed by atoms with Crippen LogP contribution >= 0.6 is 23.2 Å². The highest BCUT2D eigenvalue weighted by atomic mass is 35.5. The lowest BCUT2D eigenvalue weighted by Gasteiger charge is -2.18. The summed E-state index contributed by atoms with van der Waals surface area (Å²) < 4.78 is 10.1. The zero-order chi connectivity index (χ0) is 19.1. The minimum absolute atomic E-state index is 0.209. The van der Waals surface area contributed by atoms with Gasteiger partial charge in [0.05, 0.1) is 23.8 Å². The van der Waals surface area contributed by atoms with Gasteiger partial charge in [0, 0.05) is 12.0 Å². The van der Waals surface area contributed by atoms with E-state index in [2.05, 4.69) is 5.32 Å². The lowest BCUT2D eigenvalue weighted by Crippen LogP contribution is -2.43. The van der Waals surface area contributed by atoms with E-state index < -0.39 is 17.9 Å². The van der Waals surface area contributed by atoms with Crippen LogP contribution in [0.3, 0.4) is 0 Å². The molecule has 0 saturated carbocycles. The van der Waals surface area contributed by atoms with Gasteiger partial charge in [-0.25, -0.2) is 4.79 Å². The Kier molecular flexibility index (Phi) is 7.30. The third kappa shape index (κ3) is 5.13. The smallest absolute Gasteiger partial charge is 0.328 e. The number of amides is 1. The minimum Gasteiger partial charge on any atom is -0.494 e. The molecular weight excluding hydrogens is 377 g/mol. The average Bonchev–Trinajstić information content (AvgIpc) is 2.62. The first-order valence-electron chi connectivity index (χ1n) is 8.00. The van der Waals surface area contributed by atoms with Gasteiger partial charge in [0.25, 0.3) is 5.91 Å². The number of halogens is 2. The van der Waals surface area contributed by atoms with Crippen molar-refractivity contribution in [3.8, 4) is 5.75 Å². The van der Waals surface area contributed by atoms with Gasteiger partial charge in [-0.15, -0.1) is 0 Å². The Morgan fingerprint density at radius 1 is 1.12 bits per heavy atom. The van der Waals surface area contributed by atoms with Crippen LogP contribution in [0.4, 0.5) is 0 Å². The van der Waals surface area contributed by atoms with Crippen molar-refractivity contribution in [3.63, 3.8) is 0 Å². The van der Waals surface area contributed by atoms with Crippen LogP contribution in [0.15, 0.2) is 42.5 Å². The second kappa shape index (κ2) is 9.46. The van der Waals surface area contributed by atoms with Gasteiger partial charge in [-0.2, -0.15) is 0 Å². The Hall–Kier alpha value is -2.24. The molecule has 2 aromatic rings. The highest BCUT2D eigenvalue weighted by Crippen LogP contribution is 2.33. The first-order valence-corrected chi connectivity index (χ1v) is 8.76. The number of rotatable bonds is 7. The van der Waals surface area contributed by atoms with Gasteiger partial charge in [0.2, 0.25) is 0 Å². The fraction of sp³-hybridized carbons (Fsp3) is 0.263. The molecule has 1 atom stereocenters. The van der Waals surface area contributed by atoms with E-state index in [9.17, 15) is 9.59 Å². The van der Waals surface area contributed by atoms with E-state index >= 15 is 0 Å². The molecule has 0 spiro atoms. The number of nitrogens with one attached hydrogen (secondary N) is 1. The monoisotopic (exact) mass is 395 g/mol. The maximum atomic E-state index is 12.6. The summed E-state index contributed by atoms with van der Waals surface area (Å²) in [5, 5.41) is 3.11. The molecule has 0 fully saturated rings. The maximum Gasteiger partial charge on any atom is 0.328 e. The van der Waals surface area contributed by atoms with E-state index in [1.165, 1.54) is 19.2 Å². The lowest BCUT2D eigenvalue weighted by atomic mass is 10.1. The molecule has 1 N–H and O–H groups in total. The predicted molar refractivity (Wildman–Crippen MR) is 101 cm³/mol. The van der Waals surface area contributed by atoms with E-state index in [-0.39, 0.29) is 28.0 Å². The number of carbonyl (C=O) groups is 2. The van der Waals surface area contributed by atoms with Gasteiger partial charge in [-0.3, -0.25) is 4.79 Å². The molecule has 5 nitrogen and oxygen atoms in total. The molecule has 7 heteroatoms. The Morgan fingerprint density at radius 2 is 1.73 bits per heavy atom. The quantitative estimate of drug-likeness (QED) is 0.721. The maximum absolute atomic E-state index is 12.6. The van der Waals surface area contributed by atoms with E-state index in [1.807, 2.05) is 30.3 Å². The van der Waals surface area contributed by atoms with Gasteiger partial charge < -0.3 is 14.8 Å². The Labute approximate surface area is 162 Å². The lowest BCUT2D eigenvalue weighted by molar-refractivity contribution is -0.145. The largest absolute Gasteiger partial charge is 0.494 e. The fourth-order valence-electron chi connectivity index (χ4n) is 2.41. The van der Waals surface area contributed by atoms with Gasteiger partial charge in [0.1, 0.15) is 6.04 Å². The Balaban J connectivity index is 2.21. The first-order chi connectivity index (χ1) is 12.5. The molecule has 2 rings (SSSR count). The van der Waals surface area contributed by atoms with E-state index in [4.69, 9.17) is 32.7 Å². The minimum atomic E-state index is -0.829. The number of methoxy groups -OCH3 is 1. The van der Waals surface area contributed by atoms with Crippen LogP contribution in [0, 0.1) is 0 Å². The van der Waals surface area contributed by atoms with Crippen molar-refractivity contribution in [2.75, 3.05) is 13.7 Å². The van der Waals surface area contributed by atoms with Crippen LogP contribution in [0.25, 0.3) is 0 Å². The summed E-state index contributed by atoms with van der Waals surface area (Å²) in [7, 11) is 1.43. The molecule has 0 radical (unpaired) electrons. The molecule has 0 aromatic heterocycles. The van der Waals surface area contributed by atoms with Crippen molar-refractivity contribution in [2.45, 2.75) is 19.4 Å². The number of hydrogen-bond donors (Lipinski definition) is 1. The zero-order valence-electron chi connectivity index (χ0n) is 14.4. The highest BCUT2D eigenvalue weighted by molar-refractivity contribution is 6.37. The summed E-state index contributed by atoms with van der Waals surface area (Å²) in [5.74, 6) is -0.697. The topological polar surface area (TPSA) is 64.6 Å². The molecule has 1 unspecified atom stereocenters. The zero-order valence-corrected chi connectivity index (χ0v) is 15.9. The van der Waals surface area contributed by atoms with E-state index in [0.717, 1.165) is 5.56 Å². The number of esters is 1. The van der Waals surface area contributed by atoms with Gasteiger partial charge in [-0.05, 0) is 24.6 Å². The molecule has 0 bridgehead atoms. The second-order valence-electron chi connectivity index (χ2n) is 5.44. The molecule has 0 heterocycles. The van der Waals surface area contributed by atoms with E-state index in [1.54, 1.807) is 6.92 Å². The predicted octanol–water partition coefficient (Wildman–Crippen LogP) is 3.91. The summed E-state index contributed by atoms with van der Waals surface area (Å²) in [6.07, 6.45) is 0.309. The fourth-order valence-corrected chi connectivity index (χ4v) is 3.05. The molecule has 26 heavy (non-hydrogen) atoms. The molecule has 0 aliphatic rings. The van der Waals surface area contributed by atoms with Crippen LogP contribution in [0.5, 0.6) is 5.75 Å². The summed E-state index contributed by atoms with van der Waals surface area (Å²) in [4.78, 5) is 24.8. The van der Waals surface area contributed by atoms with Gasteiger partial charge in [-0.1, -0.05) is 53.5 Å². The number of ether oxygens (including phenoxy) is 2. The summed E-state index contributed by atoms with van der Waals surface area (Å²) >= 11 is 12.2. The molecule has 0 aliphatic carbocycles. The van der Waals surface area contributed by atoms with Crippen molar-refractivity contribution < 1.29 is 19.1 Å². The van der Waals surface area contributed by atoms with Gasteiger partial charge >= 0.3 is 5.97 Å². The first kappa shape index (κ1) is 20.1. The molecular formula is C19H19Cl2NO4. The number of hydrogen-bond acceptors (Lipinski definition) is 4. The standard InChI is InChI=1S/C19H19Cl2NO4/c1-3-26-19(24)16(9-12-7-5-4-6-8-12)22-18(23)13-10-14(20)17(25-2)15(21)11-13/h4-8,10-11,16H,3,9H2,1-2H3,(H,22,23). The van der Waals surface area contributed by atoms with E-state index in [0.29, 0.717) is 6.42 Å². The third-order valence-electron chi connectivity index (χ3n) is 3.62. The molecule has 1 amide bonds. The van der Waals surface area contributed by atoms with Crippen LogP contribution < -0.4 is 10.1 Å². The van der Waals surface area contributed by atoms with Crippen LogP contribution in [0.2, 0.25) is 10.0 Å². The van der Waals surface area contributed by atoms with Gasteiger partial charge in [0.15, 0.2) is 5.75 Å². The number of benzene rings is 2. The molecule has 0 saturated heterocycles. The normalized spacial score (nSPS) is 11.5. The van der Waals surface area contributed by atoms with Crippen molar-refractivity contribution >= 4 is 35.1 Å². The van der Waals surface area contributed by atoms with Crippen molar-refractivity contribution in [3.05, 3.63) is 63.6 Å². The summed E-state index contributed by atoms with van der Waals surface area (Å²) in [5.41, 5.74) is 1.12. The average molecular weight is 396 g/mol. The second-order valence-corrected chi connectivity index (χ2v) is 6.26. The van der Waals surface area contributed by atoms with Crippen LogP contribution in [-0.2, 0) is 16.0 Å². The van der Waals surface area contributed by atoms with Crippen molar-refractivity contribution in [2.24, 2.45) is 0 Å². The number of carbonyl (C=O) groups excluding carboxylic acids is 2. The van der Waals surface area contributed by atoms with Crippen molar-refractivity contribution in [1.82, 2.24) is 5.32 Å². The summed E-state index contributed by atoms with van der Waals surface area (Å²) in [6.45, 7) is 1.93. The van der Waals surface area contributed by atoms with Crippen molar-refractivity contribution in [1.29, 1.82) is 0 Å². The molecule has 138 valence electrons. The highest BCUT2D eigenvalue weighted by Gasteiger charge is 2.24.